The van der Waals surface area contributed by atoms with Gasteiger partial charge >= 0.3 is 0 Å². The van der Waals surface area contributed by atoms with Crippen molar-refractivity contribution in [1.82, 2.24) is 0 Å². The van der Waals surface area contributed by atoms with Crippen molar-refractivity contribution in [3.05, 3.63) is 23.3 Å². The van der Waals surface area contributed by atoms with Gasteiger partial charge in [-0.1, -0.05) is 32.6 Å². The second-order valence-electron chi connectivity index (χ2n) is 8.65. The normalized spacial score (nSPS) is 27.8. The number of ether oxygens (including phenoxy) is 2. The number of hydrogen-bond donors (Lipinski definition) is 0. The van der Waals surface area contributed by atoms with Gasteiger partial charge in [-0.15, -0.1) is 0 Å². The zero-order valence-corrected chi connectivity index (χ0v) is 17.4. The molecule has 0 spiro atoms. The molecule has 0 heterocycles. The summed E-state index contributed by atoms with van der Waals surface area (Å²) in [4.78, 5) is 0. The molecule has 0 amide bonds. The Morgan fingerprint density at radius 1 is 0.931 bits per heavy atom. The van der Waals surface area contributed by atoms with Crippen LogP contribution in [0, 0.1) is 29.4 Å². The van der Waals surface area contributed by atoms with Crippen LogP contribution in [-0.2, 0) is 0 Å². The third-order valence-corrected chi connectivity index (χ3v) is 6.86. The van der Waals surface area contributed by atoms with Crippen LogP contribution in [0.3, 0.4) is 0 Å². The topological polar surface area (TPSA) is 18.5 Å². The minimum Gasteiger partial charge on any atom is -0.493 e. The van der Waals surface area contributed by atoms with E-state index in [1.54, 1.807) is 0 Å². The van der Waals surface area contributed by atoms with Crippen molar-refractivity contribution in [1.29, 1.82) is 0 Å². The molecule has 2 saturated carbocycles. The van der Waals surface area contributed by atoms with E-state index in [4.69, 9.17) is 4.74 Å². The Morgan fingerprint density at radius 3 is 2.03 bits per heavy atom. The smallest absolute Gasteiger partial charge is 0.267 e. The number of halogens is 4. The van der Waals surface area contributed by atoms with Gasteiger partial charge in [0, 0.05) is 0 Å². The molecule has 2 nitrogen and oxygen atoms in total. The number of rotatable bonds is 7. The maximum absolute atomic E-state index is 14.3. The van der Waals surface area contributed by atoms with E-state index in [-0.39, 0.29) is 6.10 Å². The molecule has 29 heavy (non-hydrogen) atoms. The molecule has 1 aromatic rings. The lowest BCUT2D eigenvalue weighted by molar-refractivity contribution is 0.0871. The van der Waals surface area contributed by atoms with Gasteiger partial charge in [0.2, 0.25) is 11.6 Å². The fourth-order valence-electron chi connectivity index (χ4n) is 5.27. The van der Waals surface area contributed by atoms with Gasteiger partial charge in [-0.05, 0) is 62.3 Å². The van der Waals surface area contributed by atoms with Gasteiger partial charge in [0.25, 0.3) is 6.43 Å². The average molecular weight is 416 g/mol. The summed E-state index contributed by atoms with van der Waals surface area (Å²) in [7, 11) is 1.04. The van der Waals surface area contributed by atoms with E-state index < -0.39 is 35.1 Å². The molecule has 0 saturated heterocycles. The van der Waals surface area contributed by atoms with E-state index in [2.05, 4.69) is 11.7 Å². The summed E-state index contributed by atoms with van der Waals surface area (Å²) in [6.07, 6.45) is 8.05. The van der Waals surface area contributed by atoms with Gasteiger partial charge < -0.3 is 9.47 Å². The van der Waals surface area contributed by atoms with Crippen LogP contribution in [0.25, 0.3) is 0 Å². The lowest BCUT2D eigenvalue weighted by atomic mass is 9.70. The Hall–Kier alpha value is -1.46. The van der Waals surface area contributed by atoms with E-state index in [1.165, 1.54) is 38.5 Å². The van der Waals surface area contributed by atoms with Gasteiger partial charge in [0.15, 0.2) is 11.5 Å². The molecule has 2 aliphatic carbocycles. The molecule has 2 fully saturated rings. The standard InChI is InChI=1S/C23H32F4O2/c1-3-4-14-5-7-15(8-6-14)16-9-11-17(12-10-16)29-19-13-18(23(26)27)22(28-2)21(25)20(19)24/h13-17,23H,3-12H2,1-2H3. The molecule has 0 bridgehead atoms. The van der Waals surface area contributed by atoms with Crippen molar-refractivity contribution < 1.29 is 27.0 Å². The maximum Gasteiger partial charge on any atom is 0.267 e. The van der Waals surface area contributed by atoms with Gasteiger partial charge in [-0.25, -0.2) is 8.78 Å². The summed E-state index contributed by atoms with van der Waals surface area (Å²) in [6, 6.07) is 0.878. The zero-order chi connectivity index (χ0) is 21.0. The summed E-state index contributed by atoms with van der Waals surface area (Å²) >= 11 is 0. The Bertz CT molecular complexity index is 663. The van der Waals surface area contributed by atoms with Crippen LogP contribution in [0.2, 0.25) is 0 Å². The molecule has 0 radical (unpaired) electrons. The first-order chi connectivity index (χ1) is 13.9. The highest BCUT2D eigenvalue weighted by Gasteiger charge is 2.32. The summed E-state index contributed by atoms with van der Waals surface area (Å²) in [5.41, 5.74) is -0.682. The van der Waals surface area contributed by atoms with Gasteiger partial charge in [-0.3, -0.25) is 0 Å². The van der Waals surface area contributed by atoms with Crippen LogP contribution >= 0.6 is 0 Å². The largest absolute Gasteiger partial charge is 0.493 e. The van der Waals surface area contributed by atoms with Crippen LogP contribution < -0.4 is 9.47 Å². The van der Waals surface area contributed by atoms with E-state index in [0.717, 1.165) is 50.7 Å². The molecule has 0 aromatic heterocycles. The molecule has 0 unspecified atom stereocenters. The molecule has 0 aliphatic heterocycles. The number of alkyl halides is 2. The van der Waals surface area contributed by atoms with Crippen LogP contribution in [0.1, 0.15) is 83.1 Å². The van der Waals surface area contributed by atoms with Gasteiger partial charge in [0.05, 0.1) is 18.8 Å². The maximum atomic E-state index is 14.3. The van der Waals surface area contributed by atoms with Crippen LogP contribution in [0.5, 0.6) is 11.5 Å². The predicted octanol–water partition coefficient (Wildman–Crippen LogP) is 7.46. The van der Waals surface area contributed by atoms with E-state index in [1.807, 2.05) is 0 Å². The number of benzene rings is 1. The molecule has 164 valence electrons. The molecule has 2 aliphatic rings. The van der Waals surface area contributed by atoms with E-state index in [0.29, 0.717) is 5.92 Å². The molecule has 1 aromatic carbocycles. The summed E-state index contributed by atoms with van der Waals surface area (Å²) in [6.45, 7) is 2.25. The summed E-state index contributed by atoms with van der Waals surface area (Å²) in [5.74, 6) is -1.58. The Balaban J connectivity index is 1.57. The average Bonchev–Trinajstić information content (AvgIpc) is 2.72. The minimum absolute atomic E-state index is 0.268. The quantitative estimate of drug-likeness (QED) is 0.430. The van der Waals surface area contributed by atoms with Gasteiger partial charge in [0.1, 0.15) is 0 Å². The molecule has 0 N–H and O–H groups in total. The highest BCUT2D eigenvalue weighted by atomic mass is 19.3. The van der Waals surface area contributed by atoms with Gasteiger partial charge in [-0.2, -0.15) is 8.78 Å². The van der Waals surface area contributed by atoms with Crippen LogP contribution in [0.15, 0.2) is 6.07 Å². The van der Waals surface area contributed by atoms with Crippen molar-refractivity contribution in [2.45, 2.75) is 83.7 Å². The first-order valence-corrected chi connectivity index (χ1v) is 10.9. The van der Waals surface area contributed by atoms with Crippen molar-refractivity contribution >= 4 is 0 Å². The predicted molar refractivity (Wildman–Crippen MR) is 105 cm³/mol. The third-order valence-electron chi connectivity index (χ3n) is 6.86. The Labute approximate surface area is 171 Å². The lowest BCUT2D eigenvalue weighted by Crippen LogP contribution is -2.30. The van der Waals surface area contributed by atoms with Crippen molar-refractivity contribution in [2.75, 3.05) is 7.11 Å². The fourth-order valence-corrected chi connectivity index (χ4v) is 5.27. The SMILES string of the molecule is CCCC1CCC(C2CCC(Oc3cc(C(F)F)c(OC)c(F)c3F)CC2)CC1. The van der Waals surface area contributed by atoms with E-state index in [9.17, 15) is 17.6 Å². The van der Waals surface area contributed by atoms with Crippen molar-refractivity contribution in [2.24, 2.45) is 17.8 Å². The molecular formula is C23H32F4O2. The first kappa shape index (κ1) is 22.2. The number of hydrogen-bond acceptors (Lipinski definition) is 2. The highest BCUT2D eigenvalue weighted by molar-refractivity contribution is 5.43. The fraction of sp³-hybridized carbons (Fsp3) is 0.739. The second-order valence-corrected chi connectivity index (χ2v) is 8.65. The molecule has 0 atom stereocenters. The molecule has 6 heteroatoms. The Morgan fingerprint density at radius 2 is 1.52 bits per heavy atom. The Kier molecular flexibility index (Phi) is 7.69. The van der Waals surface area contributed by atoms with Crippen LogP contribution in [0.4, 0.5) is 17.6 Å². The van der Waals surface area contributed by atoms with Crippen LogP contribution in [-0.4, -0.2) is 13.2 Å². The minimum atomic E-state index is -2.97. The monoisotopic (exact) mass is 416 g/mol. The second kappa shape index (κ2) is 10.0. The summed E-state index contributed by atoms with van der Waals surface area (Å²) in [5, 5.41) is 0. The highest BCUT2D eigenvalue weighted by Crippen LogP contribution is 2.43. The third kappa shape index (κ3) is 5.18. The van der Waals surface area contributed by atoms with E-state index >= 15 is 0 Å². The summed E-state index contributed by atoms with van der Waals surface area (Å²) < 4.78 is 65.0. The zero-order valence-electron chi connectivity index (χ0n) is 17.4. The molecular weight excluding hydrogens is 384 g/mol. The lowest BCUT2D eigenvalue weighted by Gasteiger charge is -2.38. The van der Waals surface area contributed by atoms with Crippen molar-refractivity contribution in [3.8, 4) is 11.5 Å². The van der Waals surface area contributed by atoms with Crippen molar-refractivity contribution in [3.63, 3.8) is 0 Å². The number of methoxy groups -OCH3 is 1. The molecule has 3 rings (SSSR count). The first-order valence-electron chi connectivity index (χ1n) is 10.9.